The summed E-state index contributed by atoms with van der Waals surface area (Å²) in [5, 5.41) is 5.97. The molecule has 116 valence electrons. The van der Waals surface area contributed by atoms with Crippen LogP contribution >= 0.6 is 0 Å². The molecule has 1 saturated carbocycles. The number of nitrogens with two attached hydrogens (primary N) is 1. The Morgan fingerprint density at radius 3 is 2.43 bits per heavy atom. The van der Waals surface area contributed by atoms with Gasteiger partial charge < -0.3 is 11.1 Å². The molecule has 0 spiro atoms. The van der Waals surface area contributed by atoms with Crippen molar-refractivity contribution in [2.45, 2.75) is 31.7 Å². The molecule has 3 aromatic rings. The van der Waals surface area contributed by atoms with Gasteiger partial charge in [0.05, 0.1) is 0 Å². The molecule has 2 nitrogen and oxygen atoms in total. The molecule has 1 aliphatic rings. The van der Waals surface area contributed by atoms with Gasteiger partial charge in [-0.15, -0.1) is 0 Å². The number of hydrogen-bond acceptors (Lipinski definition) is 2. The molecule has 0 atom stereocenters. The second kappa shape index (κ2) is 5.96. The highest BCUT2D eigenvalue weighted by Gasteiger charge is 2.25. The van der Waals surface area contributed by atoms with Crippen molar-refractivity contribution in [3.63, 3.8) is 0 Å². The molecule has 1 aliphatic carbocycles. The van der Waals surface area contributed by atoms with Crippen LogP contribution in [0.1, 0.15) is 36.3 Å². The van der Waals surface area contributed by atoms with Gasteiger partial charge in [0.15, 0.2) is 0 Å². The van der Waals surface area contributed by atoms with Crippen molar-refractivity contribution in [1.29, 1.82) is 0 Å². The summed E-state index contributed by atoms with van der Waals surface area (Å²) in [6.07, 6.45) is 3.85. The number of nitrogen functional groups attached to an aromatic ring is 1. The molecule has 0 radical (unpaired) electrons. The first-order chi connectivity index (χ1) is 11.3. The summed E-state index contributed by atoms with van der Waals surface area (Å²) < 4.78 is 0. The largest absolute Gasteiger partial charge is 0.398 e. The van der Waals surface area contributed by atoms with E-state index in [1.165, 1.54) is 41.2 Å². The zero-order valence-electron chi connectivity index (χ0n) is 13.3. The Bertz CT molecular complexity index is 820. The first-order valence-corrected chi connectivity index (χ1v) is 8.42. The summed E-state index contributed by atoms with van der Waals surface area (Å²) in [6, 6.07) is 21.1. The number of hydrogen-bond donors (Lipinski definition) is 2. The standard InChI is InChI=1S/C21H22N2/c22-21-19-12-5-4-7-16(19)13-17(20(21)15-8-6-9-15)14-23-18-10-2-1-3-11-18/h1-5,7,10-13,15,23H,6,8-9,14,22H2. The van der Waals surface area contributed by atoms with Crippen LogP contribution in [0.2, 0.25) is 0 Å². The molecule has 1 fully saturated rings. The summed E-state index contributed by atoms with van der Waals surface area (Å²) in [4.78, 5) is 0. The fourth-order valence-corrected chi connectivity index (χ4v) is 3.53. The number of rotatable bonds is 4. The van der Waals surface area contributed by atoms with E-state index in [4.69, 9.17) is 5.73 Å². The Balaban J connectivity index is 1.74. The van der Waals surface area contributed by atoms with Crippen molar-refractivity contribution in [2.75, 3.05) is 11.1 Å². The van der Waals surface area contributed by atoms with Gasteiger partial charge in [0, 0.05) is 23.3 Å². The van der Waals surface area contributed by atoms with Crippen molar-refractivity contribution in [3.05, 3.63) is 71.8 Å². The van der Waals surface area contributed by atoms with E-state index in [2.05, 4.69) is 59.9 Å². The lowest BCUT2D eigenvalue weighted by molar-refractivity contribution is 0.419. The van der Waals surface area contributed by atoms with Gasteiger partial charge >= 0.3 is 0 Å². The number of anilines is 2. The van der Waals surface area contributed by atoms with Gasteiger partial charge in [-0.3, -0.25) is 0 Å². The van der Waals surface area contributed by atoms with E-state index in [9.17, 15) is 0 Å². The molecular formula is C21H22N2. The Hall–Kier alpha value is -2.48. The maximum atomic E-state index is 6.57. The molecule has 3 aromatic carbocycles. The fraction of sp³-hybridized carbons (Fsp3) is 0.238. The number of fused-ring (bicyclic) bond motifs is 1. The minimum absolute atomic E-state index is 0.632. The average Bonchev–Trinajstić information content (AvgIpc) is 2.55. The van der Waals surface area contributed by atoms with E-state index in [1.807, 2.05) is 6.07 Å². The number of para-hydroxylation sites is 1. The number of nitrogens with one attached hydrogen (secondary N) is 1. The normalized spacial score (nSPS) is 14.6. The summed E-state index contributed by atoms with van der Waals surface area (Å²) in [7, 11) is 0. The highest BCUT2D eigenvalue weighted by molar-refractivity contribution is 5.95. The topological polar surface area (TPSA) is 38.0 Å². The first-order valence-electron chi connectivity index (χ1n) is 8.42. The van der Waals surface area contributed by atoms with Gasteiger partial charge in [-0.2, -0.15) is 0 Å². The van der Waals surface area contributed by atoms with Gasteiger partial charge in [0.1, 0.15) is 0 Å². The maximum Gasteiger partial charge on any atom is 0.0432 e. The van der Waals surface area contributed by atoms with E-state index in [-0.39, 0.29) is 0 Å². The molecule has 0 heterocycles. The van der Waals surface area contributed by atoms with Crippen molar-refractivity contribution < 1.29 is 0 Å². The van der Waals surface area contributed by atoms with E-state index >= 15 is 0 Å². The molecule has 2 heteroatoms. The van der Waals surface area contributed by atoms with Crippen molar-refractivity contribution >= 4 is 22.1 Å². The van der Waals surface area contributed by atoms with Crippen LogP contribution in [-0.2, 0) is 6.54 Å². The zero-order valence-corrected chi connectivity index (χ0v) is 13.3. The van der Waals surface area contributed by atoms with Crippen LogP contribution in [0.15, 0.2) is 60.7 Å². The summed E-state index contributed by atoms with van der Waals surface area (Å²) in [5.74, 6) is 0.632. The molecule has 0 unspecified atom stereocenters. The molecule has 0 aliphatic heterocycles. The Morgan fingerprint density at radius 1 is 0.957 bits per heavy atom. The molecule has 4 rings (SSSR count). The second-order valence-electron chi connectivity index (χ2n) is 6.43. The van der Waals surface area contributed by atoms with E-state index in [0.717, 1.165) is 17.9 Å². The maximum absolute atomic E-state index is 6.57. The lowest BCUT2D eigenvalue weighted by atomic mass is 9.76. The zero-order chi connectivity index (χ0) is 15.6. The molecule has 0 bridgehead atoms. The highest BCUT2D eigenvalue weighted by atomic mass is 14.9. The summed E-state index contributed by atoms with van der Waals surface area (Å²) >= 11 is 0. The molecule has 23 heavy (non-hydrogen) atoms. The quantitative estimate of drug-likeness (QED) is 0.642. The lowest BCUT2D eigenvalue weighted by Crippen LogP contribution is -2.15. The predicted octanol–water partition coefficient (Wildman–Crippen LogP) is 5.30. The Morgan fingerprint density at radius 2 is 1.70 bits per heavy atom. The highest BCUT2D eigenvalue weighted by Crippen LogP contribution is 2.43. The van der Waals surface area contributed by atoms with Gasteiger partial charge in [-0.1, -0.05) is 48.9 Å². The van der Waals surface area contributed by atoms with Crippen molar-refractivity contribution in [2.24, 2.45) is 0 Å². The third-order valence-electron chi connectivity index (χ3n) is 4.99. The van der Waals surface area contributed by atoms with Gasteiger partial charge in [0.2, 0.25) is 0 Å². The van der Waals surface area contributed by atoms with E-state index in [0.29, 0.717) is 5.92 Å². The second-order valence-corrected chi connectivity index (χ2v) is 6.43. The van der Waals surface area contributed by atoms with Crippen LogP contribution in [-0.4, -0.2) is 0 Å². The van der Waals surface area contributed by atoms with Crippen LogP contribution in [0, 0.1) is 0 Å². The summed E-state index contributed by atoms with van der Waals surface area (Å²) in [6.45, 7) is 0.824. The van der Waals surface area contributed by atoms with Gasteiger partial charge in [-0.05, 0) is 53.5 Å². The van der Waals surface area contributed by atoms with Gasteiger partial charge in [0.25, 0.3) is 0 Å². The number of benzene rings is 3. The minimum atomic E-state index is 0.632. The Kier molecular flexibility index (Phi) is 3.66. The monoisotopic (exact) mass is 302 g/mol. The molecule has 0 amide bonds. The summed E-state index contributed by atoms with van der Waals surface area (Å²) in [5.41, 5.74) is 11.4. The fourth-order valence-electron chi connectivity index (χ4n) is 3.53. The Labute approximate surface area is 137 Å². The van der Waals surface area contributed by atoms with Gasteiger partial charge in [-0.25, -0.2) is 0 Å². The molecule has 0 aromatic heterocycles. The average molecular weight is 302 g/mol. The molecular weight excluding hydrogens is 280 g/mol. The molecule has 0 saturated heterocycles. The van der Waals surface area contributed by atoms with Crippen molar-refractivity contribution in [1.82, 2.24) is 0 Å². The smallest absolute Gasteiger partial charge is 0.0432 e. The predicted molar refractivity (Wildman–Crippen MR) is 98.7 cm³/mol. The van der Waals surface area contributed by atoms with Crippen LogP contribution in [0.3, 0.4) is 0 Å². The third kappa shape index (κ3) is 2.65. The first kappa shape index (κ1) is 14.1. The van der Waals surface area contributed by atoms with Crippen LogP contribution in [0.5, 0.6) is 0 Å². The SMILES string of the molecule is Nc1c(C2CCC2)c(CNc2ccccc2)cc2ccccc12. The minimum Gasteiger partial charge on any atom is -0.398 e. The molecule has 3 N–H and O–H groups in total. The van der Waals surface area contributed by atoms with Crippen LogP contribution < -0.4 is 11.1 Å². The van der Waals surface area contributed by atoms with E-state index in [1.54, 1.807) is 0 Å². The van der Waals surface area contributed by atoms with Crippen LogP contribution in [0.25, 0.3) is 10.8 Å². The third-order valence-corrected chi connectivity index (χ3v) is 4.99. The van der Waals surface area contributed by atoms with Crippen LogP contribution in [0.4, 0.5) is 11.4 Å². The lowest BCUT2D eigenvalue weighted by Gasteiger charge is -2.30. The van der Waals surface area contributed by atoms with Crippen molar-refractivity contribution in [3.8, 4) is 0 Å². The van der Waals surface area contributed by atoms with E-state index < -0.39 is 0 Å².